The van der Waals surface area contributed by atoms with E-state index < -0.39 is 0 Å². The number of ether oxygens (including phenoxy) is 1. The van der Waals surface area contributed by atoms with Crippen LogP contribution in [-0.4, -0.2) is 16.2 Å². The third kappa shape index (κ3) is 3.84. The summed E-state index contributed by atoms with van der Waals surface area (Å²) in [6.07, 6.45) is 7.22. The molecule has 0 saturated heterocycles. The normalized spacial score (nSPS) is 11.4. The lowest BCUT2D eigenvalue weighted by atomic mass is 10.1. The number of hydrogen-bond donors (Lipinski definition) is 0. The average Bonchev–Trinajstić information content (AvgIpc) is 3.17. The fourth-order valence-corrected chi connectivity index (χ4v) is 3.27. The van der Waals surface area contributed by atoms with E-state index in [1.807, 2.05) is 25.4 Å². The Bertz CT molecular complexity index is 1090. The van der Waals surface area contributed by atoms with Crippen molar-refractivity contribution in [2.45, 2.75) is 20.3 Å². The molecule has 0 fully saturated rings. The van der Waals surface area contributed by atoms with Gasteiger partial charge in [-0.25, -0.2) is 4.98 Å². The van der Waals surface area contributed by atoms with Gasteiger partial charge < -0.3 is 4.74 Å². The predicted molar refractivity (Wildman–Crippen MR) is 117 cm³/mol. The monoisotopic (exact) mass is 368 g/mol. The predicted octanol–water partition coefficient (Wildman–Crippen LogP) is 6.16. The summed E-state index contributed by atoms with van der Waals surface area (Å²) in [6, 6.07) is 23.2. The van der Waals surface area contributed by atoms with E-state index in [2.05, 4.69) is 83.2 Å². The molecule has 0 bridgehead atoms. The Morgan fingerprint density at radius 3 is 2.29 bits per heavy atom. The molecule has 1 heterocycles. The molecule has 0 aliphatic heterocycles. The van der Waals surface area contributed by atoms with E-state index in [1.54, 1.807) is 0 Å². The Kier molecular flexibility index (Phi) is 5.24. The highest BCUT2D eigenvalue weighted by Gasteiger charge is 2.05. The number of fused-ring (bicyclic) bond motifs is 1. The molecule has 140 valence electrons. The molecule has 3 heteroatoms. The standard InChI is InChI=1S/C25H24N2O/c1-3-19-5-7-20(8-6-19)9-10-21-11-16-25-24(17-21)26-18-27(25)22-12-14-23(15-13-22)28-4-2/h5-18H,3-4H2,1-2H3. The first-order chi connectivity index (χ1) is 13.8. The maximum atomic E-state index is 5.53. The van der Waals surface area contributed by atoms with Crippen LogP contribution in [0.3, 0.4) is 0 Å². The molecule has 3 aromatic carbocycles. The largest absolute Gasteiger partial charge is 0.494 e. The molecule has 0 radical (unpaired) electrons. The second kappa shape index (κ2) is 8.13. The van der Waals surface area contributed by atoms with Crippen LogP contribution < -0.4 is 4.74 Å². The number of hydrogen-bond acceptors (Lipinski definition) is 2. The van der Waals surface area contributed by atoms with Gasteiger partial charge in [0.05, 0.1) is 17.6 Å². The SMILES string of the molecule is CCOc1ccc(-n2cnc3cc(C=Cc4ccc(CC)cc4)ccc32)cc1. The fourth-order valence-electron chi connectivity index (χ4n) is 3.27. The van der Waals surface area contributed by atoms with Gasteiger partial charge >= 0.3 is 0 Å². The summed E-state index contributed by atoms with van der Waals surface area (Å²) in [5.74, 6) is 0.884. The number of imidazole rings is 1. The van der Waals surface area contributed by atoms with Gasteiger partial charge in [-0.1, -0.05) is 49.4 Å². The third-order valence-electron chi connectivity index (χ3n) is 4.85. The zero-order valence-corrected chi connectivity index (χ0v) is 16.3. The summed E-state index contributed by atoms with van der Waals surface area (Å²) in [5.41, 5.74) is 6.86. The summed E-state index contributed by atoms with van der Waals surface area (Å²) in [6.45, 7) is 4.84. The maximum Gasteiger partial charge on any atom is 0.119 e. The van der Waals surface area contributed by atoms with E-state index in [0.717, 1.165) is 34.5 Å². The van der Waals surface area contributed by atoms with Gasteiger partial charge in [0, 0.05) is 5.69 Å². The van der Waals surface area contributed by atoms with Crippen molar-refractivity contribution in [1.82, 2.24) is 9.55 Å². The summed E-state index contributed by atoms with van der Waals surface area (Å²) >= 11 is 0. The van der Waals surface area contributed by atoms with Crippen molar-refractivity contribution in [3.8, 4) is 11.4 Å². The second-order valence-corrected chi connectivity index (χ2v) is 6.72. The molecule has 3 nitrogen and oxygen atoms in total. The van der Waals surface area contributed by atoms with E-state index in [1.165, 1.54) is 11.1 Å². The molecule has 28 heavy (non-hydrogen) atoms. The van der Waals surface area contributed by atoms with Crippen LogP contribution in [0.25, 0.3) is 28.9 Å². The van der Waals surface area contributed by atoms with Crippen LogP contribution in [0.5, 0.6) is 5.75 Å². The highest BCUT2D eigenvalue weighted by atomic mass is 16.5. The minimum atomic E-state index is 0.673. The van der Waals surface area contributed by atoms with Crippen LogP contribution in [-0.2, 0) is 6.42 Å². The smallest absolute Gasteiger partial charge is 0.119 e. The van der Waals surface area contributed by atoms with Crippen molar-refractivity contribution in [3.05, 3.63) is 89.7 Å². The topological polar surface area (TPSA) is 27.1 Å². The van der Waals surface area contributed by atoms with Crippen molar-refractivity contribution in [2.24, 2.45) is 0 Å². The molecule has 0 saturated carbocycles. The lowest BCUT2D eigenvalue weighted by molar-refractivity contribution is 0.340. The molecule has 4 aromatic rings. The zero-order valence-electron chi connectivity index (χ0n) is 16.3. The molecular weight excluding hydrogens is 344 g/mol. The van der Waals surface area contributed by atoms with E-state index in [-0.39, 0.29) is 0 Å². The first-order valence-corrected chi connectivity index (χ1v) is 9.74. The lowest BCUT2D eigenvalue weighted by Crippen LogP contribution is -1.94. The molecule has 0 atom stereocenters. The number of aryl methyl sites for hydroxylation is 1. The highest BCUT2D eigenvalue weighted by Crippen LogP contribution is 2.22. The molecule has 0 N–H and O–H groups in total. The van der Waals surface area contributed by atoms with Gasteiger partial charge in [-0.2, -0.15) is 0 Å². The van der Waals surface area contributed by atoms with Crippen molar-refractivity contribution < 1.29 is 4.74 Å². The number of rotatable bonds is 6. The summed E-state index contributed by atoms with van der Waals surface area (Å²) in [7, 11) is 0. The number of benzene rings is 3. The van der Waals surface area contributed by atoms with Crippen molar-refractivity contribution in [1.29, 1.82) is 0 Å². The molecular formula is C25H24N2O. The van der Waals surface area contributed by atoms with E-state index in [0.29, 0.717) is 6.61 Å². The van der Waals surface area contributed by atoms with Crippen LogP contribution in [0.2, 0.25) is 0 Å². The minimum absolute atomic E-state index is 0.673. The molecule has 0 unspecified atom stereocenters. The van der Waals surface area contributed by atoms with E-state index in [9.17, 15) is 0 Å². The van der Waals surface area contributed by atoms with Crippen LogP contribution in [0, 0.1) is 0 Å². The fraction of sp³-hybridized carbons (Fsp3) is 0.160. The average molecular weight is 368 g/mol. The van der Waals surface area contributed by atoms with Gasteiger partial charge in [-0.15, -0.1) is 0 Å². The van der Waals surface area contributed by atoms with Crippen LogP contribution in [0.15, 0.2) is 73.1 Å². The Morgan fingerprint density at radius 1 is 0.857 bits per heavy atom. The first kappa shape index (κ1) is 18.1. The Morgan fingerprint density at radius 2 is 1.57 bits per heavy atom. The molecule has 4 rings (SSSR count). The van der Waals surface area contributed by atoms with Gasteiger partial charge in [0.15, 0.2) is 0 Å². The van der Waals surface area contributed by atoms with Crippen molar-refractivity contribution >= 4 is 23.2 Å². The Hall–Kier alpha value is -3.33. The number of nitrogens with zero attached hydrogens (tertiary/aromatic N) is 2. The van der Waals surface area contributed by atoms with E-state index in [4.69, 9.17) is 4.74 Å². The van der Waals surface area contributed by atoms with Gasteiger partial charge in [-0.05, 0) is 66.4 Å². The highest BCUT2D eigenvalue weighted by molar-refractivity contribution is 5.82. The lowest BCUT2D eigenvalue weighted by Gasteiger charge is -2.07. The molecule has 0 aliphatic carbocycles. The molecule has 0 spiro atoms. The quantitative estimate of drug-likeness (QED) is 0.381. The molecule has 1 aromatic heterocycles. The van der Waals surface area contributed by atoms with Crippen LogP contribution in [0.1, 0.15) is 30.5 Å². The Balaban J connectivity index is 1.57. The zero-order chi connectivity index (χ0) is 19.3. The van der Waals surface area contributed by atoms with Gasteiger partial charge in [0.1, 0.15) is 12.1 Å². The van der Waals surface area contributed by atoms with Crippen LogP contribution >= 0.6 is 0 Å². The second-order valence-electron chi connectivity index (χ2n) is 6.72. The van der Waals surface area contributed by atoms with Crippen LogP contribution in [0.4, 0.5) is 0 Å². The van der Waals surface area contributed by atoms with Gasteiger partial charge in [-0.3, -0.25) is 4.57 Å². The Labute approximate surface area is 165 Å². The molecule has 0 aliphatic rings. The summed E-state index contributed by atoms with van der Waals surface area (Å²) < 4.78 is 7.62. The molecule has 0 amide bonds. The van der Waals surface area contributed by atoms with Gasteiger partial charge in [0.25, 0.3) is 0 Å². The van der Waals surface area contributed by atoms with Crippen molar-refractivity contribution in [2.75, 3.05) is 6.61 Å². The third-order valence-corrected chi connectivity index (χ3v) is 4.85. The summed E-state index contributed by atoms with van der Waals surface area (Å²) in [5, 5.41) is 0. The minimum Gasteiger partial charge on any atom is -0.494 e. The number of aromatic nitrogens is 2. The van der Waals surface area contributed by atoms with Gasteiger partial charge in [0.2, 0.25) is 0 Å². The summed E-state index contributed by atoms with van der Waals surface area (Å²) in [4.78, 5) is 4.59. The van der Waals surface area contributed by atoms with Crippen molar-refractivity contribution in [3.63, 3.8) is 0 Å². The maximum absolute atomic E-state index is 5.53. The van der Waals surface area contributed by atoms with E-state index >= 15 is 0 Å². The first-order valence-electron chi connectivity index (χ1n) is 9.74.